The number of carbonyl (C=O) groups excluding carboxylic acids is 2. The lowest BCUT2D eigenvalue weighted by Gasteiger charge is -2.27. The van der Waals surface area contributed by atoms with Gasteiger partial charge in [0.1, 0.15) is 6.10 Å². The molecular formula is C16H27N5O3. The number of amides is 2. The van der Waals surface area contributed by atoms with Crippen molar-refractivity contribution in [1.29, 1.82) is 0 Å². The highest BCUT2D eigenvalue weighted by molar-refractivity contribution is 5.93. The van der Waals surface area contributed by atoms with E-state index < -0.39 is 5.54 Å². The summed E-state index contributed by atoms with van der Waals surface area (Å²) < 4.78 is 7.02. The first-order valence-corrected chi connectivity index (χ1v) is 8.38. The Hall–Kier alpha value is -1.96. The predicted molar refractivity (Wildman–Crippen MR) is 88.5 cm³/mol. The lowest BCUT2D eigenvalue weighted by molar-refractivity contribution is -0.135. The molecule has 0 bridgehead atoms. The van der Waals surface area contributed by atoms with E-state index in [-0.39, 0.29) is 17.9 Å². The molecule has 2 N–H and O–H groups in total. The van der Waals surface area contributed by atoms with Crippen molar-refractivity contribution in [2.24, 2.45) is 7.05 Å². The summed E-state index contributed by atoms with van der Waals surface area (Å²) in [6, 6.07) is 0. The molecule has 2 heterocycles. The second-order valence-electron chi connectivity index (χ2n) is 6.88. The van der Waals surface area contributed by atoms with E-state index >= 15 is 0 Å². The largest absolute Gasteiger partial charge is 0.368 e. The van der Waals surface area contributed by atoms with Crippen molar-refractivity contribution >= 4 is 11.8 Å². The third-order valence-electron chi connectivity index (χ3n) is 4.30. The number of hydrogen-bond acceptors (Lipinski definition) is 5. The number of rotatable bonds is 6. The molecule has 0 aromatic carbocycles. The highest BCUT2D eigenvalue weighted by Gasteiger charge is 2.26. The summed E-state index contributed by atoms with van der Waals surface area (Å²) in [6.07, 6.45) is 3.09. The zero-order valence-corrected chi connectivity index (χ0v) is 14.9. The van der Waals surface area contributed by atoms with Crippen LogP contribution in [0.2, 0.25) is 0 Å². The van der Waals surface area contributed by atoms with Crippen LogP contribution in [-0.4, -0.2) is 51.6 Å². The summed E-state index contributed by atoms with van der Waals surface area (Å²) in [7, 11) is 1.74. The van der Waals surface area contributed by atoms with Crippen LogP contribution in [0.5, 0.6) is 0 Å². The molecule has 2 rings (SSSR count). The Balaban J connectivity index is 1.79. The monoisotopic (exact) mass is 337 g/mol. The SMILES string of the molecule is Cc1c(C(=O)NC(C)(C)CCNC(=O)C2CCCCO2)nnn1C. The van der Waals surface area contributed by atoms with Gasteiger partial charge >= 0.3 is 0 Å². The fourth-order valence-corrected chi connectivity index (χ4v) is 2.60. The van der Waals surface area contributed by atoms with Gasteiger partial charge in [-0.2, -0.15) is 0 Å². The number of ether oxygens (including phenoxy) is 1. The molecule has 1 fully saturated rings. The smallest absolute Gasteiger partial charge is 0.274 e. The van der Waals surface area contributed by atoms with Gasteiger partial charge in [0.25, 0.3) is 5.91 Å². The first-order chi connectivity index (χ1) is 11.3. The highest BCUT2D eigenvalue weighted by atomic mass is 16.5. The number of hydrogen-bond donors (Lipinski definition) is 2. The fourth-order valence-electron chi connectivity index (χ4n) is 2.60. The van der Waals surface area contributed by atoms with E-state index in [2.05, 4.69) is 20.9 Å². The molecule has 1 saturated heterocycles. The van der Waals surface area contributed by atoms with Gasteiger partial charge in [-0.3, -0.25) is 14.3 Å². The van der Waals surface area contributed by atoms with Crippen LogP contribution in [-0.2, 0) is 16.6 Å². The number of aryl methyl sites for hydroxylation is 1. The number of carbonyl (C=O) groups is 2. The predicted octanol–water partition coefficient (Wildman–Crippen LogP) is 0.707. The second kappa shape index (κ2) is 7.74. The summed E-state index contributed by atoms with van der Waals surface area (Å²) in [6.45, 7) is 6.76. The van der Waals surface area contributed by atoms with Gasteiger partial charge in [-0.25, -0.2) is 0 Å². The first-order valence-electron chi connectivity index (χ1n) is 8.38. The Morgan fingerprint density at radius 1 is 1.38 bits per heavy atom. The van der Waals surface area contributed by atoms with Crippen LogP contribution in [0, 0.1) is 6.92 Å². The Morgan fingerprint density at radius 2 is 2.12 bits per heavy atom. The minimum atomic E-state index is -0.470. The molecule has 1 aliphatic rings. The Bertz CT molecular complexity index is 591. The molecule has 8 nitrogen and oxygen atoms in total. The topological polar surface area (TPSA) is 98.1 Å². The normalized spacial score (nSPS) is 18.2. The summed E-state index contributed by atoms with van der Waals surface area (Å²) in [4.78, 5) is 24.3. The zero-order chi connectivity index (χ0) is 17.7. The molecule has 24 heavy (non-hydrogen) atoms. The van der Waals surface area contributed by atoms with Crippen molar-refractivity contribution in [3.8, 4) is 0 Å². The first kappa shape index (κ1) is 18.4. The van der Waals surface area contributed by atoms with Gasteiger partial charge in [0, 0.05) is 25.7 Å². The fraction of sp³-hybridized carbons (Fsp3) is 0.750. The molecule has 8 heteroatoms. The third kappa shape index (κ3) is 4.77. The number of nitrogens with zero attached hydrogens (tertiary/aromatic N) is 3. The van der Waals surface area contributed by atoms with Crippen molar-refractivity contribution in [1.82, 2.24) is 25.6 Å². The van der Waals surface area contributed by atoms with Crippen LogP contribution in [0.1, 0.15) is 55.7 Å². The van der Waals surface area contributed by atoms with Crippen molar-refractivity contribution in [3.63, 3.8) is 0 Å². The van der Waals surface area contributed by atoms with Gasteiger partial charge in [-0.15, -0.1) is 5.10 Å². The molecule has 2 amide bonds. The second-order valence-corrected chi connectivity index (χ2v) is 6.88. The van der Waals surface area contributed by atoms with Crippen molar-refractivity contribution in [2.75, 3.05) is 13.2 Å². The zero-order valence-electron chi connectivity index (χ0n) is 14.9. The van der Waals surface area contributed by atoms with Crippen LogP contribution in [0.25, 0.3) is 0 Å². The molecule has 1 aliphatic heterocycles. The maximum atomic E-state index is 12.3. The minimum Gasteiger partial charge on any atom is -0.368 e. The summed E-state index contributed by atoms with van der Waals surface area (Å²) in [5.74, 6) is -0.325. The molecule has 1 aromatic rings. The molecule has 0 aliphatic carbocycles. The van der Waals surface area contributed by atoms with E-state index in [0.717, 1.165) is 19.3 Å². The Kier molecular flexibility index (Phi) is 5.93. The molecule has 134 valence electrons. The van der Waals surface area contributed by atoms with E-state index in [1.807, 2.05) is 13.8 Å². The molecule has 0 saturated carbocycles. The maximum Gasteiger partial charge on any atom is 0.274 e. The Labute approximate surface area is 142 Å². The van der Waals surface area contributed by atoms with Crippen LogP contribution in [0.4, 0.5) is 0 Å². The van der Waals surface area contributed by atoms with Crippen LogP contribution >= 0.6 is 0 Å². The molecular weight excluding hydrogens is 310 g/mol. The standard InChI is InChI=1S/C16H27N5O3/c1-11-13(19-20-21(11)4)15(23)18-16(2,3)8-9-17-14(22)12-7-5-6-10-24-12/h12H,5-10H2,1-4H3,(H,17,22)(H,18,23). The summed E-state index contributed by atoms with van der Waals surface area (Å²) >= 11 is 0. The average molecular weight is 337 g/mol. The van der Waals surface area contributed by atoms with Gasteiger partial charge < -0.3 is 15.4 Å². The van der Waals surface area contributed by atoms with E-state index in [1.54, 1.807) is 18.7 Å². The maximum absolute atomic E-state index is 12.3. The van der Waals surface area contributed by atoms with Crippen molar-refractivity contribution in [2.45, 2.75) is 58.1 Å². The highest BCUT2D eigenvalue weighted by Crippen LogP contribution is 2.13. The van der Waals surface area contributed by atoms with Crippen LogP contribution < -0.4 is 10.6 Å². The van der Waals surface area contributed by atoms with Gasteiger partial charge in [0.2, 0.25) is 5.91 Å². The molecule has 1 unspecified atom stereocenters. The lowest BCUT2D eigenvalue weighted by atomic mass is 10.00. The van der Waals surface area contributed by atoms with Crippen LogP contribution in [0.15, 0.2) is 0 Å². The molecule has 0 radical (unpaired) electrons. The third-order valence-corrected chi connectivity index (χ3v) is 4.30. The molecule has 1 atom stereocenters. The Morgan fingerprint density at radius 3 is 2.71 bits per heavy atom. The van der Waals surface area contributed by atoms with E-state index in [9.17, 15) is 9.59 Å². The van der Waals surface area contributed by atoms with E-state index in [0.29, 0.717) is 31.0 Å². The van der Waals surface area contributed by atoms with Crippen molar-refractivity contribution in [3.05, 3.63) is 11.4 Å². The van der Waals surface area contributed by atoms with Gasteiger partial charge in [-0.1, -0.05) is 5.21 Å². The van der Waals surface area contributed by atoms with Gasteiger partial charge in [0.15, 0.2) is 5.69 Å². The van der Waals surface area contributed by atoms with Gasteiger partial charge in [0.05, 0.1) is 5.69 Å². The lowest BCUT2D eigenvalue weighted by Crippen LogP contribution is -2.47. The van der Waals surface area contributed by atoms with Crippen LogP contribution in [0.3, 0.4) is 0 Å². The summed E-state index contributed by atoms with van der Waals surface area (Å²) in [5.41, 5.74) is 0.568. The molecule has 0 spiro atoms. The molecule has 1 aromatic heterocycles. The van der Waals surface area contributed by atoms with Gasteiger partial charge in [-0.05, 0) is 46.5 Å². The number of nitrogens with one attached hydrogen (secondary N) is 2. The quantitative estimate of drug-likeness (QED) is 0.796. The summed E-state index contributed by atoms with van der Waals surface area (Å²) in [5, 5.41) is 13.6. The average Bonchev–Trinajstić information content (AvgIpc) is 2.87. The van der Waals surface area contributed by atoms with Crippen molar-refractivity contribution < 1.29 is 14.3 Å². The van der Waals surface area contributed by atoms with E-state index in [4.69, 9.17) is 4.74 Å². The number of aromatic nitrogens is 3. The minimum absolute atomic E-state index is 0.0680. The van der Waals surface area contributed by atoms with E-state index in [1.165, 1.54) is 0 Å².